The van der Waals surface area contributed by atoms with Gasteiger partial charge >= 0.3 is 0 Å². The van der Waals surface area contributed by atoms with Crippen molar-refractivity contribution in [3.8, 4) is 11.5 Å². The maximum Gasteiger partial charge on any atom is 0.233 e. The zero-order valence-corrected chi connectivity index (χ0v) is 16.7. The number of methoxy groups -OCH3 is 2. The summed E-state index contributed by atoms with van der Waals surface area (Å²) < 4.78 is 10.4. The van der Waals surface area contributed by atoms with Crippen molar-refractivity contribution in [2.45, 2.75) is 19.8 Å². The van der Waals surface area contributed by atoms with Gasteiger partial charge in [-0.05, 0) is 42.3 Å². The average Bonchev–Trinajstić information content (AvgIpc) is 2.67. The number of hydrogen-bond donors (Lipinski definition) is 3. The monoisotopic (exact) mass is 399 g/mol. The quantitative estimate of drug-likeness (QED) is 0.561. The molecule has 0 saturated carbocycles. The molecule has 2 aromatic carbocycles. The number of ether oxygens (including phenoxy) is 2. The van der Waals surface area contributed by atoms with Crippen molar-refractivity contribution in [2.75, 3.05) is 31.4 Å². The normalized spacial score (nSPS) is 10.0. The first kappa shape index (κ1) is 21.7. The van der Waals surface area contributed by atoms with Gasteiger partial charge in [-0.3, -0.25) is 14.4 Å². The molecule has 29 heavy (non-hydrogen) atoms. The van der Waals surface area contributed by atoms with Crippen LogP contribution in [0.2, 0.25) is 0 Å². The molecule has 0 aliphatic carbocycles. The molecule has 0 aliphatic rings. The Hall–Kier alpha value is -3.55. The van der Waals surface area contributed by atoms with Crippen LogP contribution in [-0.2, 0) is 20.8 Å². The first-order valence-corrected chi connectivity index (χ1v) is 9.06. The van der Waals surface area contributed by atoms with E-state index in [0.717, 1.165) is 5.56 Å². The van der Waals surface area contributed by atoms with Crippen LogP contribution in [0.15, 0.2) is 42.5 Å². The standard InChI is InChI=1S/C21H25N3O5/c1-14(25)23-16-5-4-6-17(12-16)24-21(27)13-20(26)22-10-9-15-7-8-18(28-2)19(11-15)29-3/h4-8,11-12H,9-10,13H2,1-3H3,(H,22,26)(H,23,25)(H,24,27). The van der Waals surface area contributed by atoms with Gasteiger partial charge in [0.15, 0.2) is 11.5 Å². The summed E-state index contributed by atoms with van der Waals surface area (Å²) in [4.78, 5) is 35.1. The molecular weight excluding hydrogens is 374 g/mol. The maximum absolute atomic E-state index is 12.1. The summed E-state index contributed by atoms with van der Waals surface area (Å²) in [5, 5.41) is 8.00. The highest BCUT2D eigenvalue weighted by atomic mass is 16.5. The van der Waals surface area contributed by atoms with Crippen LogP contribution >= 0.6 is 0 Å². The molecule has 0 heterocycles. The van der Waals surface area contributed by atoms with E-state index in [1.165, 1.54) is 6.92 Å². The van der Waals surface area contributed by atoms with Crippen molar-refractivity contribution in [2.24, 2.45) is 0 Å². The van der Waals surface area contributed by atoms with Gasteiger partial charge in [0, 0.05) is 24.8 Å². The molecule has 0 spiro atoms. The second kappa shape index (κ2) is 10.7. The molecule has 3 amide bonds. The number of benzene rings is 2. The molecule has 2 rings (SSSR count). The third kappa shape index (κ3) is 7.17. The number of carbonyl (C=O) groups is 3. The van der Waals surface area contributed by atoms with Crippen molar-refractivity contribution in [3.05, 3.63) is 48.0 Å². The fourth-order valence-corrected chi connectivity index (χ4v) is 2.67. The molecule has 0 fully saturated rings. The minimum absolute atomic E-state index is 0.206. The van der Waals surface area contributed by atoms with Crippen LogP contribution < -0.4 is 25.4 Å². The van der Waals surface area contributed by atoms with Gasteiger partial charge in [-0.2, -0.15) is 0 Å². The van der Waals surface area contributed by atoms with E-state index in [1.54, 1.807) is 44.6 Å². The number of amides is 3. The summed E-state index contributed by atoms with van der Waals surface area (Å²) in [6, 6.07) is 12.2. The molecule has 0 atom stereocenters. The van der Waals surface area contributed by atoms with Crippen molar-refractivity contribution in [1.82, 2.24) is 5.32 Å². The number of nitrogens with one attached hydrogen (secondary N) is 3. The predicted octanol–water partition coefficient (Wildman–Crippen LogP) is 2.35. The summed E-state index contributed by atoms with van der Waals surface area (Å²) in [5.41, 5.74) is 2.04. The highest BCUT2D eigenvalue weighted by Crippen LogP contribution is 2.27. The lowest BCUT2D eigenvalue weighted by Crippen LogP contribution is -2.29. The summed E-state index contributed by atoms with van der Waals surface area (Å²) in [6.07, 6.45) is 0.294. The lowest BCUT2D eigenvalue weighted by atomic mass is 10.1. The van der Waals surface area contributed by atoms with Gasteiger partial charge in [-0.1, -0.05) is 12.1 Å². The van der Waals surface area contributed by atoms with Crippen LogP contribution in [0.4, 0.5) is 11.4 Å². The molecule has 0 radical (unpaired) electrons. The first-order chi connectivity index (χ1) is 13.9. The van der Waals surface area contributed by atoms with Crippen LogP contribution in [0.5, 0.6) is 11.5 Å². The van der Waals surface area contributed by atoms with E-state index in [2.05, 4.69) is 16.0 Å². The van der Waals surface area contributed by atoms with Gasteiger partial charge in [0.05, 0.1) is 14.2 Å². The minimum Gasteiger partial charge on any atom is -0.493 e. The Morgan fingerprint density at radius 1 is 0.862 bits per heavy atom. The Labute approximate surface area is 169 Å². The lowest BCUT2D eigenvalue weighted by Gasteiger charge is -2.10. The largest absolute Gasteiger partial charge is 0.493 e. The second-order valence-corrected chi connectivity index (χ2v) is 6.28. The maximum atomic E-state index is 12.1. The van der Waals surface area contributed by atoms with Crippen molar-refractivity contribution >= 4 is 29.1 Å². The van der Waals surface area contributed by atoms with E-state index in [0.29, 0.717) is 35.8 Å². The van der Waals surface area contributed by atoms with E-state index in [4.69, 9.17) is 9.47 Å². The van der Waals surface area contributed by atoms with E-state index < -0.39 is 5.91 Å². The lowest BCUT2D eigenvalue weighted by molar-refractivity contribution is -0.126. The van der Waals surface area contributed by atoms with Crippen molar-refractivity contribution in [1.29, 1.82) is 0 Å². The van der Waals surface area contributed by atoms with Gasteiger partial charge < -0.3 is 25.4 Å². The Bertz CT molecular complexity index is 882. The molecule has 0 bridgehead atoms. The third-order valence-electron chi connectivity index (χ3n) is 3.97. The molecule has 8 nitrogen and oxygen atoms in total. The van der Waals surface area contributed by atoms with E-state index in [9.17, 15) is 14.4 Å². The van der Waals surface area contributed by atoms with Crippen LogP contribution in [-0.4, -0.2) is 38.5 Å². The molecular formula is C21H25N3O5. The zero-order chi connectivity index (χ0) is 21.2. The number of carbonyl (C=O) groups excluding carboxylic acids is 3. The second-order valence-electron chi connectivity index (χ2n) is 6.28. The summed E-state index contributed by atoms with van der Waals surface area (Å²) in [5.74, 6) is 0.244. The highest BCUT2D eigenvalue weighted by Gasteiger charge is 2.10. The van der Waals surface area contributed by atoms with Crippen LogP contribution in [0, 0.1) is 0 Å². The van der Waals surface area contributed by atoms with Gasteiger partial charge in [0.1, 0.15) is 6.42 Å². The SMILES string of the molecule is COc1ccc(CCNC(=O)CC(=O)Nc2cccc(NC(C)=O)c2)cc1OC. The molecule has 0 unspecified atom stereocenters. The third-order valence-corrected chi connectivity index (χ3v) is 3.97. The molecule has 154 valence electrons. The van der Waals surface area contributed by atoms with Crippen LogP contribution in [0.25, 0.3) is 0 Å². The molecule has 0 aromatic heterocycles. The Morgan fingerprint density at radius 3 is 2.21 bits per heavy atom. The number of hydrogen-bond acceptors (Lipinski definition) is 5. The van der Waals surface area contributed by atoms with Crippen LogP contribution in [0.3, 0.4) is 0 Å². The summed E-state index contributed by atoms with van der Waals surface area (Å²) in [7, 11) is 3.13. The fraction of sp³-hybridized carbons (Fsp3) is 0.286. The Morgan fingerprint density at radius 2 is 1.55 bits per heavy atom. The Kier molecular flexibility index (Phi) is 8.02. The van der Waals surface area contributed by atoms with Gasteiger partial charge in [0.2, 0.25) is 17.7 Å². The smallest absolute Gasteiger partial charge is 0.233 e. The van der Waals surface area contributed by atoms with E-state index in [-0.39, 0.29) is 18.2 Å². The molecule has 3 N–H and O–H groups in total. The highest BCUT2D eigenvalue weighted by molar-refractivity contribution is 6.03. The molecule has 0 aliphatic heterocycles. The predicted molar refractivity (Wildman–Crippen MR) is 110 cm³/mol. The molecule has 8 heteroatoms. The number of rotatable bonds is 9. The topological polar surface area (TPSA) is 106 Å². The molecule has 2 aromatic rings. The van der Waals surface area contributed by atoms with Gasteiger partial charge in [0.25, 0.3) is 0 Å². The Balaban J connectivity index is 1.79. The average molecular weight is 399 g/mol. The van der Waals surface area contributed by atoms with Crippen molar-refractivity contribution < 1.29 is 23.9 Å². The van der Waals surface area contributed by atoms with E-state index in [1.807, 2.05) is 12.1 Å². The van der Waals surface area contributed by atoms with E-state index >= 15 is 0 Å². The minimum atomic E-state index is -0.436. The van der Waals surface area contributed by atoms with Gasteiger partial charge in [-0.15, -0.1) is 0 Å². The summed E-state index contributed by atoms with van der Waals surface area (Å²) in [6.45, 7) is 1.79. The summed E-state index contributed by atoms with van der Waals surface area (Å²) >= 11 is 0. The molecule has 0 saturated heterocycles. The van der Waals surface area contributed by atoms with Crippen molar-refractivity contribution in [3.63, 3.8) is 0 Å². The zero-order valence-electron chi connectivity index (χ0n) is 16.7. The fourth-order valence-electron chi connectivity index (χ4n) is 2.67. The first-order valence-electron chi connectivity index (χ1n) is 9.06. The van der Waals surface area contributed by atoms with Crippen LogP contribution in [0.1, 0.15) is 18.9 Å². The number of anilines is 2. The van der Waals surface area contributed by atoms with Gasteiger partial charge in [-0.25, -0.2) is 0 Å².